The Balaban J connectivity index is 2.15. The van der Waals surface area contributed by atoms with Crippen LogP contribution in [-0.2, 0) is 16.0 Å². The number of carboxylic acid groups (broad SMARTS) is 1. The first-order valence-electron chi connectivity index (χ1n) is 6.61. The van der Waals surface area contributed by atoms with Gasteiger partial charge in [-0.25, -0.2) is 0 Å². The van der Waals surface area contributed by atoms with Gasteiger partial charge in [-0.1, -0.05) is 18.7 Å². The van der Waals surface area contributed by atoms with Gasteiger partial charge in [0.1, 0.15) is 11.9 Å². The van der Waals surface area contributed by atoms with Crippen molar-refractivity contribution >= 4 is 23.6 Å². The van der Waals surface area contributed by atoms with Crippen LogP contribution >= 0.6 is 11.8 Å². The largest absolute Gasteiger partial charge is 0.481 e. The Morgan fingerprint density at radius 1 is 1.50 bits per heavy atom. The predicted octanol–water partition coefficient (Wildman–Crippen LogP) is 0.857. The highest BCUT2D eigenvalue weighted by molar-refractivity contribution is 7.99. The summed E-state index contributed by atoms with van der Waals surface area (Å²) in [5, 5.41) is 20.2. The van der Waals surface area contributed by atoms with Crippen LogP contribution in [0.25, 0.3) is 0 Å². The minimum absolute atomic E-state index is 0.0702. The summed E-state index contributed by atoms with van der Waals surface area (Å²) in [5.41, 5.74) is 0. The Morgan fingerprint density at radius 2 is 2.20 bits per heavy atom. The maximum Gasteiger partial charge on any atom is 0.313 e. The Labute approximate surface area is 121 Å². The van der Waals surface area contributed by atoms with Crippen molar-refractivity contribution in [2.75, 3.05) is 5.75 Å². The zero-order valence-electron chi connectivity index (χ0n) is 11.5. The standard InChI is InChI=1S/C12H18N4O3S/c1-3-9-14-15-12(20-6-10(17)18)16(9)7(2)11(19)13-8-4-5-8/h7-8H,3-6H2,1-2H3,(H,13,19)(H,17,18). The van der Waals surface area contributed by atoms with Gasteiger partial charge in [0.05, 0.1) is 5.75 Å². The molecule has 1 aliphatic carbocycles. The molecule has 20 heavy (non-hydrogen) atoms. The van der Waals surface area contributed by atoms with E-state index in [1.54, 1.807) is 11.5 Å². The van der Waals surface area contributed by atoms with Crippen LogP contribution in [-0.4, -0.2) is 43.5 Å². The summed E-state index contributed by atoms with van der Waals surface area (Å²) in [5.74, 6) is -0.396. The normalized spacial score (nSPS) is 15.9. The van der Waals surface area contributed by atoms with Gasteiger partial charge in [0.25, 0.3) is 0 Å². The number of thioether (sulfide) groups is 1. The van der Waals surface area contributed by atoms with Crippen molar-refractivity contribution in [2.24, 2.45) is 0 Å². The van der Waals surface area contributed by atoms with Crippen LogP contribution < -0.4 is 5.32 Å². The number of carboxylic acids is 1. The molecule has 8 heteroatoms. The predicted molar refractivity (Wildman–Crippen MR) is 73.6 cm³/mol. The lowest BCUT2D eigenvalue weighted by atomic mass is 10.3. The van der Waals surface area contributed by atoms with E-state index in [4.69, 9.17) is 5.11 Å². The fourth-order valence-corrected chi connectivity index (χ4v) is 2.58. The average molecular weight is 298 g/mol. The number of aromatic nitrogens is 3. The van der Waals surface area contributed by atoms with Gasteiger partial charge in [0, 0.05) is 12.5 Å². The van der Waals surface area contributed by atoms with E-state index in [1.807, 2.05) is 6.92 Å². The lowest BCUT2D eigenvalue weighted by Gasteiger charge is -2.17. The maximum atomic E-state index is 12.1. The van der Waals surface area contributed by atoms with E-state index >= 15 is 0 Å². The number of hydrogen-bond donors (Lipinski definition) is 2. The van der Waals surface area contributed by atoms with E-state index in [-0.39, 0.29) is 11.7 Å². The smallest absolute Gasteiger partial charge is 0.313 e. The summed E-state index contributed by atoms with van der Waals surface area (Å²) in [6.45, 7) is 3.71. The first-order chi connectivity index (χ1) is 9.52. The fraction of sp³-hybridized carbons (Fsp3) is 0.667. The number of hydrogen-bond acceptors (Lipinski definition) is 5. The highest BCUT2D eigenvalue weighted by Crippen LogP contribution is 2.24. The first kappa shape index (κ1) is 14.8. The molecule has 0 aliphatic heterocycles. The Hall–Kier alpha value is -1.57. The number of nitrogens with zero attached hydrogens (tertiary/aromatic N) is 3. The zero-order valence-corrected chi connectivity index (χ0v) is 12.3. The molecular weight excluding hydrogens is 280 g/mol. The molecule has 1 aromatic heterocycles. The Kier molecular flexibility index (Phi) is 4.64. The van der Waals surface area contributed by atoms with Crippen LogP contribution in [0.5, 0.6) is 0 Å². The summed E-state index contributed by atoms with van der Waals surface area (Å²) in [7, 11) is 0. The summed E-state index contributed by atoms with van der Waals surface area (Å²) in [6, 6.07) is -0.140. The maximum absolute atomic E-state index is 12.1. The lowest BCUT2D eigenvalue weighted by Crippen LogP contribution is -2.33. The minimum atomic E-state index is -0.919. The number of nitrogens with one attached hydrogen (secondary N) is 1. The van der Waals surface area contributed by atoms with Crippen molar-refractivity contribution in [3.8, 4) is 0 Å². The molecule has 0 saturated heterocycles. The van der Waals surface area contributed by atoms with Gasteiger partial charge in [-0.2, -0.15) is 0 Å². The third-order valence-electron chi connectivity index (χ3n) is 3.07. The van der Waals surface area contributed by atoms with Gasteiger partial charge >= 0.3 is 5.97 Å². The molecule has 1 saturated carbocycles. The molecule has 1 heterocycles. The summed E-state index contributed by atoms with van der Waals surface area (Å²) in [4.78, 5) is 22.8. The molecule has 0 aromatic carbocycles. The highest BCUT2D eigenvalue weighted by atomic mass is 32.2. The van der Waals surface area contributed by atoms with Crippen molar-refractivity contribution < 1.29 is 14.7 Å². The summed E-state index contributed by atoms with van der Waals surface area (Å²) in [6.07, 6.45) is 2.70. The van der Waals surface area contributed by atoms with Crippen molar-refractivity contribution in [3.05, 3.63) is 5.82 Å². The third kappa shape index (κ3) is 3.50. The van der Waals surface area contributed by atoms with Crippen LogP contribution in [0.1, 0.15) is 38.6 Å². The molecule has 1 unspecified atom stereocenters. The molecule has 1 aromatic rings. The summed E-state index contributed by atoms with van der Waals surface area (Å²) < 4.78 is 1.73. The molecule has 110 valence electrons. The topological polar surface area (TPSA) is 97.1 Å². The molecule has 0 bridgehead atoms. The third-order valence-corrected chi connectivity index (χ3v) is 3.99. The van der Waals surface area contributed by atoms with E-state index in [9.17, 15) is 9.59 Å². The van der Waals surface area contributed by atoms with Gasteiger partial charge in [-0.05, 0) is 19.8 Å². The fourth-order valence-electron chi connectivity index (χ4n) is 1.83. The van der Waals surface area contributed by atoms with Crippen molar-refractivity contribution in [2.45, 2.75) is 50.4 Å². The Bertz CT molecular complexity index is 513. The van der Waals surface area contributed by atoms with E-state index in [0.29, 0.717) is 23.4 Å². The second kappa shape index (κ2) is 6.25. The van der Waals surface area contributed by atoms with Crippen LogP contribution in [0.15, 0.2) is 5.16 Å². The number of carbonyl (C=O) groups excluding carboxylic acids is 1. The quantitative estimate of drug-likeness (QED) is 0.725. The molecule has 0 spiro atoms. The molecule has 1 atom stereocenters. The lowest BCUT2D eigenvalue weighted by molar-refractivity contribution is -0.134. The van der Waals surface area contributed by atoms with E-state index in [1.165, 1.54) is 0 Å². The molecule has 7 nitrogen and oxygen atoms in total. The van der Waals surface area contributed by atoms with Gasteiger partial charge in [0.15, 0.2) is 5.16 Å². The average Bonchev–Trinajstić information content (AvgIpc) is 3.12. The van der Waals surface area contributed by atoms with Gasteiger partial charge in [0.2, 0.25) is 5.91 Å². The van der Waals surface area contributed by atoms with E-state index in [2.05, 4.69) is 15.5 Å². The van der Waals surface area contributed by atoms with Gasteiger partial charge in [-0.3, -0.25) is 14.2 Å². The van der Waals surface area contributed by atoms with Crippen LogP contribution in [0, 0.1) is 0 Å². The molecule has 2 N–H and O–H groups in total. The number of rotatable bonds is 7. The second-order valence-corrected chi connectivity index (χ2v) is 5.71. The van der Waals surface area contributed by atoms with Crippen molar-refractivity contribution in [1.29, 1.82) is 0 Å². The van der Waals surface area contributed by atoms with Crippen molar-refractivity contribution in [3.63, 3.8) is 0 Å². The number of amides is 1. The van der Waals surface area contributed by atoms with Gasteiger partial charge < -0.3 is 10.4 Å². The zero-order chi connectivity index (χ0) is 14.7. The monoisotopic (exact) mass is 298 g/mol. The van der Waals surface area contributed by atoms with Crippen LogP contribution in [0.3, 0.4) is 0 Å². The van der Waals surface area contributed by atoms with E-state index in [0.717, 1.165) is 24.6 Å². The molecule has 1 fully saturated rings. The van der Waals surface area contributed by atoms with E-state index < -0.39 is 12.0 Å². The molecule has 1 aliphatic rings. The first-order valence-corrected chi connectivity index (χ1v) is 7.60. The van der Waals surface area contributed by atoms with Gasteiger partial charge in [-0.15, -0.1) is 10.2 Å². The number of aliphatic carboxylic acids is 1. The molecule has 1 amide bonds. The van der Waals surface area contributed by atoms with Crippen molar-refractivity contribution in [1.82, 2.24) is 20.1 Å². The van der Waals surface area contributed by atoms with Crippen LogP contribution in [0.2, 0.25) is 0 Å². The Morgan fingerprint density at radius 3 is 2.75 bits per heavy atom. The number of aryl methyl sites for hydroxylation is 1. The number of carbonyl (C=O) groups is 2. The summed E-state index contributed by atoms with van der Waals surface area (Å²) >= 11 is 1.08. The molecule has 0 radical (unpaired) electrons. The minimum Gasteiger partial charge on any atom is -0.481 e. The molecular formula is C12H18N4O3S. The highest BCUT2D eigenvalue weighted by Gasteiger charge is 2.28. The van der Waals surface area contributed by atoms with Crippen LogP contribution in [0.4, 0.5) is 0 Å². The SMILES string of the molecule is CCc1nnc(SCC(=O)O)n1C(C)C(=O)NC1CC1. The second-order valence-electron chi connectivity index (χ2n) is 4.76. The molecule has 2 rings (SSSR count).